The van der Waals surface area contributed by atoms with Crippen molar-refractivity contribution in [2.75, 3.05) is 32.8 Å². The summed E-state index contributed by atoms with van der Waals surface area (Å²) in [6.07, 6.45) is 0. The molecule has 4 heteroatoms. The van der Waals surface area contributed by atoms with Crippen LogP contribution in [0.4, 0.5) is 0 Å². The number of nitrogens with one attached hydrogen (secondary N) is 1. The van der Waals surface area contributed by atoms with E-state index in [-0.39, 0.29) is 0 Å². The predicted octanol–water partition coefficient (Wildman–Crippen LogP) is 3.04. The SMILES string of the molecule is CCN(CC)CC(C)NCCOc1cccc(Cl)c1. The molecule has 0 saturated carbocycles. The Labute approximate surface area is 121 Å². The summed E-state index contributed by atoms with van der Waals surface area (Å²) in [6.45, 7) is 11.4. The molecule has 108 valence electrons. The van der Waals surface area contributed by atoms with Crippen molar-refractivity contribution in [1.29, 1.82) is 0 Å². The van der Waals surface area contributed by atoms with E-state index in [2.05, 4.69) is 31.0 Å². The first-order chi connectivity index (χ1) is 9.15. The minimum atomic E-state index is 0.475. The van der Waals surface area contributed by atoms with Gasteiger partial charge in [-0.2, -0.15) is 0 Å². The first-order valence-corrected chi connectivity index (χ1v) is 7.37. The number of hydrogen-bond donors (Lipinski definition) is 1. The molecular formula is C15H25ClN2O. The van der Waals surface area contributed by atoms with Gasteiger partial charge in [-0.25, -0.2) is 0 Å². The van der Waals surface area contributed by atoms with E-state index in [1.807, 2.05) is 24.3 Å². The van der Waals surface area contributed by atoms with E-state index in [4.69, 9.17) is 16.3 Å². The first-order valence-electron chi connectivity index (χ1n) is 6.99. The van der Waals surface area contributed by atoms with Gasteiger partial charge in [0.1, 0.15) is 12.4 Å². The topological polar surface area (TPSA) is 24.5 Å². The molecule has 1 unspecified atom stereocenters. The lowest BCUT2D eigenvalue weighted by molar-refractivity contribution is 0.256. The van der Waals surface area contributed by atoms with Crippen molar-refractivity contribution >= 4 is 11.6 Å². The Morgan fingerprint density at radius 1 is 1.32 bits per heavy atom. The summed E-state index contributed by atoms with van der Waals surface area (Å²) in [5, 5.41) is 4.18. The van der Waals surface area contributed by atoms with Crippen LogP contribution in [0.25, 0.3) is 0 Å². The van der Waals surface area contributed by atoms with Crippen LogP contribution in [0.2, 0.25) is 5.02 Å². The van der Waals surface area contributed by atoms with Gasteiger partial charge in [0.15, 0.2) is 0 Å². The molecule has 0 heterocycles. The van der Waals surface area contributed by atoms with E-state index in [0.29, 0.717) is 17.7 Å². The number of benzene rings is 1. The van der Waals surface area contributed by atoms with E-state index in [1.54, 1.807) is 0 Å². The van der Waals surface area contributed by atoms with Gasteiger partial charge in [0.2, 0.25) is 0 Å². The van der Waals surface area contributed by atoms with Gasteiger partial charge in [0, 0.05) is 24.2 Å². The number of ether oxygens (including phenoxy) is 1. The average Bonchev–Trinajstić information content (AvgIpc) is 2.41. The molecule has 0 saturated heterocycles. The second-order valence-corrected chi connectivity index (χ2v) is 5.08. The molecule has 3 nitrogen and oxygen atoms in total. The number of hydrogen-bond acceptors (Lipinski definition) is 3. The van der Waals surface area contributed by atoms with Gasteiger partial charge in [-0.3, -0.25) is 0 Å². The molecule has 1 rings (SSSR count). The first kappa shape index (κ1) is 16.3. The van der Waals surface area contributed by atoms with Crippen molar-refractivity contribution in [3.63, 3.8) is 0 Å². The Balaban J connectivity index is 2.16. The molecule has 0 aromatic heterocycles. The Morgan fingerprint density at radius 2 is 2.05 bits per heavy atom. The highest BCUT2D eigenvalue weighted by molar-refractivity contribution is 6.30. The van der Waals surface area contributed by atoms with E-state index in [9.17, 15) is 0 Å². The summed E-state index contributed by atoms with van der Waals surface area (Å²) >= 11 is 5.90. The van der Waals surface area contributed by atoms with E-state index >= 15 is 0 Å². The fourth-order valence-corrected chi connectivity index (χ4v) is 2.14. The fourth-order valence-electron chi connectivity index (χ4n) is 1.96. The third-order valence-electron chi connectivity index (χ3n) is 3.09. The van der Waals surface area contributed by atoms with Crippen LogP contribution in [0.1, 0.15) is 20.8 Å². The molecule has 0 aliphatic rings. The number of likely N-dealkylation sites (N-methyl/N-ethyl adjacent to an activating group) is 1. The lowest BCUT2D eigenvalue weighted by Crippen LogP contribution is -2.40. The number of halogens is 1. The summed E-state index contributed by atoms with van der Waals surface area (Å²) in [7, 11) is 0. The Bertz CT molecular complexity index is 356. The second kappa shape index (κ2) is 9.18. The highest BCUT2D eigenvalue weighted by Crippen LogP contribution is 2.16. The molecule has 1 N–H and O–H groups in total. The average molecular weight is 285 g/mol. The molecule has 1 atom stereocenters. The van der Waals surface area contributed by atoms with E-state index in [0.717, 1.165) is 31.9 Å². The molecule has 0 bridgehead atoms. The molecule has 1 aromatic rings. The summed E-state index contributed by atoms with van der Waals surface area (Å²) in [5.41, 5.74) is 0. The summed E-state index contributed by atoms with van der Waals surface area (Å²) in [6, 6.07) is 7.97. The van der Waals surface area contributed by atoms with E-state index in [1.165, 1.54) is 0 Å². The van der Waals surface area contributed by atoms with Crippen LogP contribution >= 0.6 is 11.6 Å². The van der Waals surface area contributed by atoms with Crippen molar-refractivity contribution in [2.24, 2.45) is 0 Å². The van der Waals surface area contributed by atoms with Gasteiger partial charge < -0.3 is 15.0 Å². The molecular weight excluding hydrogens is 260 g/mol. The maximum atomic E-state index is 5.90. The van der Waals surface area contributed by atoms with Crippen molar-refractivity contribution < 1.29 is 4.74 Å². The van der Waals surface area contributed by atoms with Crippen LogP contribution in [-0.2, 0) is 0 Å². The maximum absolute atomic E-state index is 5.90. The van der Waals surface area contributed by atoms with Crippen molar-refractivity contribution in [3.05, 3.63) is 29.3 Å². The lowest BCUT2D eigenvalue weighted by atomic mass is 10.3. The van der Waals surface area contributed by atoms with Gasteiger partial charge in [-0.05, 0) is 38.2 Å². The van der Waals surface area contributed by atoms with Crippen LogP contribution in [0, 0.1) is 0 Å². The third kappa shape index (κ3) is 6.81. The highest BCUT2D eigenvalue weighted by atomic mass is 35.5. The smallest absolute Gasteiger partial charge is 0.120 e. The minimum Gasteiger partial charge on any atom is -0.492 e. The Hall–Kier alpha value is -0.770. The molecule has 0 aliphatic heterocycles. The van der Waals surface area contributed by atoms with Crippen LogP contribution in [-0.4, -0.2) is 43.7 Å². The zero-order valence-corrected chi connectivity index (χ0v) is 12.9. The van der Waals surface area contributed by atoms with Crippen LogP contribution < -0.4 is 10.1 Å². The summed E-state index contributed by atoms with van der Waals surface area (Å²) in [5.74, 6) is 0.825. The normalized spacial score (nSPS) is 12.7. The number of nitrogens with zero attached hydrogens (tertiary/aromatic N) is 1. The quantitative estimate of drug-likeness (QED) is 0.706. The largest absolute Gasteiger partial charge is 0.492 e. The molecule has 0 aliphatic carbocycles. The molecule has 0 fully saturated rings. The summed E-state index contributed by atoms with van der Waals surface area (Å²) in [4.78, 5) is 2.41. The fraction of sp³-hybridized carbons (Fsp3) is 0.600. The maximum Gasteiger partial charge on any atom is 0.120 e. The van der Waals surface area contributed by atoms with Crippen LogP contribution in [0.15, 0.2) is 24.3 Å². The van der Waals surface area contributed by atoms with Crippen molar-refractivity contribution in [2.45, 2.75) is 26.8 Å². The standard InChI is InChI=1S/C15H25ClN2O/c1-4-18(5-2)12-13(3)17-9-10-19-15-8-6-7-14(16)11-15/h6-8,11,13,17H,4-5,9-10,12H2,1-3H3. The van der Waals surface area contributed by atoms with Gasteiger partial charge >= 0.3 is 0 Å². The monoisotopic (exact) mass is 284 g/mol. The lowest BCUT2D eigenvalue weighted by Gasteiger charge is -2.23. The van der Waals surface area contributed by atoms with Crippen molar-refractivity contribution in [3.8, 4) is 5.75 Å². The Kier molecular flexibility index (Phi) is 7.87. The zero-order valence-electron chi connectivity index (χ0n) is 12.2. The van der Waals surface area contributed by atoms with Gasteiger partial charge in [0.25, 0.3) is 0 Å². The minimum absolute atomic E-state index is 0.475. The third-order valence-corrected chi connectivity index (χ3v) is 3.32. The van der Waals surface area contributed by atoms with Crippen molar-refractivity contribution in [1.82, 2.24) is 10.2 Å². The van der Waals surface area contributed by atoms with Gasteiger partial charge in [0.05, 0.1) is 0 Å². The van der Waals surface area contributed by atoms with Crippen LogP contribution in [0.5, 0.6) is 5.75 Å². The van der Waals surface area contributed by atoms with Gasteiger partial charge in [-0.15, -0.1) is 0 Å². The number of rotatable bonds is 9. The molecule has 19 heavy (non-hydrogen) atoms. The molecule has 1 aromatic carbocycles. The summed E-state index contributed by atoms with van der Waals surface area (Å²) < 4.78 is 5.63. The second-order valence-electron chi connectivity index (χ2n) is 4.65. The zero-order chi connectivity index (χ0) is 14.1. The molecule has 0 radical (unpaired) electrons. The predicted molar refractivity (Wildman–Crippen MR) is 82.2 cm³/mol. The molecule has 0 amide bonds. The molecule has 0 spiro atoms. The van der Waals surface area contributed by atoms with Crippen LogP contribution in [0.3, 0.4) is 0 Å². The highest BCUT2D eigenvalue weighted by Gasteiger charge is 2.06. The Morgan fingerprint density at radius 3 is 2.68 bits per heavy atom. The van der Waals surface area contributed by atoms with Gasteiger partial charge in [-0.1, -0.05) is 31.5 Å². The van der Waals surface area contributed by atoms with E-state index < -0.39 is 0 Å².